The van der Waals surface area contributed by atoms with Gasteiger partial charge >= 0.3 is 12.4 Å². The number of benzene rings is 1. The third kappa shape index (κ3) is 4.58. The number of nitrogens with one attached hydrogen (secondary N) is 1. The number of ether oxygens (including phenoxy) is 1. The van der Waals surface area contributed by atoms with Gasteiger partial charge in [0.1, 0.15) is 11.8 Å². The lowest BCUT2D eigenvalue weighted by molar-refractivity contribution is -0.274. The molecule has 2 aliphatic heterocycles. The minimum atomic E-state index is -4.86. The van der Waals surface area contributed by atoms with Gasteiger partial charge in [-0.2, -0.15) is 0 Å². The van der Waals surface area contributed by atoms with Crippen LogP contribution in [0.5, 0.6) is 5.75 Å². The smallest absolute Gasteiger partial charge is 0.406 e. The molecule has 1 N–H and O–H groups in total. The Morgan fingerprint density at radius 3 is 2.63 bits per heavy atom. The molecule has 0 aromatic heterocycles. The second-order valence-corrected chi connectivity index (χ2v) is 6.35. The summed E-state index contributed by atoms with van der Waals surface area (Å²) in [7, 11) is 0. The highest BCUT2D eigenvalue weighted by atomic mass is 19.4. The predicted molar refractivity (Wildman–Crippen MR) is 83.6 cm³/mol. The standard InChI is InChI=1S/C16H16F5N3O3/c17-15(18)5-7-23(9-15)14(26)22-12-4-6-24(13(12)25)10-2-1-3-11(8-10)27-16(19,20)21/h1-3,8,12H,4-7,9H2,(H,22,26). The van der Waals surface area contributed by atoms with Gasteiger partial charge in [0, 0.05) is 31.3 Å². The molecule has 3 amide bonds. The first-order valence-corrected chi connectivity index (χ1v) is 8.14. The Morgan fingerprint density at radius 1 is 1.26 bits per heavy atom. The zero-order chi connectivity index (χ0) is 19.8. The zero-order valence-corrected chi connectivity index (χ0v) is 13.9. The van der Waals surface area contributed by atoms with Crippen molar-refractivity contribution in [1.29, 1.82) is 0 Å². The fourth-order valence-electron chi connectivity index (χ4n) is 3.07. The van der Waals surface area contributed by atoms with Crippen LogP contribution in [0, 0.1) is 0 Å². The van der Waals surface area contributed by atoms with E-state index in [2.05, 4.69) is 10.1 Å². The van der Waals surface area contributed by atoms with Crippen molar-refractivity contribution in [3.8, 4) is 5.75 Å². The molecule has 1 atom stereocenters. The molecule has 2 heterocycles. The first-order valence-electron chi connectivity index (χ1n) is 8.14. The van der Waals surface area contributed by atoms with Crippen molar-refractivity contribution in [3.05, 3.63) is 24.3 Å². The molecule has 0 bridgehead atoms. The molecule has 1 aromatic rings. The van der Waals surface area contributed by atoms with E-state index in [4.69, 9.17) is 0 Å². The minimum Gasteiger partial charge on any atom is -0.406 e. The fourth-order valence-corrected chi connectivity index (χ4v) is 3.07. The molecular weight excluding hydrogens is 377 g/mol. The number of amides is 3. The van der Waals surface area contributed by atoms with Gasteiger partial charge in [-0.05, 0) is 18.6 Å². The van der Waals surface area contributed by atoms with Gasteiger partial charge in [-0.3, -0.25) is 4.79 Å². The van der Waals surface area contributed by atoms with Crippen molar-refractivity contribution >= 4 is 17.6 Å². The van der Waals surface area contributed by atoms with Gasteiger partial charge in [-0.1, -0.05) is 6.07 Å². The quantitative estimate of drug-likeness (QED) is 0.804. The van der Waals surface area contributed by atoms with Crippen molar-refractivity contribution in [2.45, 2.75) is 31.2 Å². The number of anilines is 1. The summed E-state index contributed by atoms with van der Waals surface area (Å²) in [5, 5.41) is 2.41. The van der Waals surface area contributed by atoms with Crippen molar-refractivity contribution in [3.63, 3.8) is 0 Å². The van der Waals surface area contributed by atoms with Crippen LogP contribution in [-0.4, -0.2) is 54.8 Å². The number of carbonyl (C=O) groups excluding carboxylic acids is 2. The zero-order valence-electron chi connectivity index (χ0n) is 13.9. The molecule has 27 heavy (non-hydrogen) atoms. The number of rotatable bonds is 3. The second kappa shape index (κ2) is 6.86. The summed E-state index contributed by atoms with van der Waals surface area (Å²) < 4.78 is 67.2. The third-order valence-corrected chi connectivity index (χ3v) is 4.32. The summed E-state index contributed by atoms with van der Waals surface area (Å²) in [5.74, 6) is -3.94. The van der Waals surface area contributed by atoms with E-state index < -0.39 is 49.0 Å². The molecule has 2 aliphatic rings. The van der Waals surface area contributed by atoms with Gasteiger partial charge < -0.3 is 19.9 Å². The first kappa shape index (κ1) is 19.2. The lowest BCUT2D eigenvalue weighted by atomic mass is 10.2. The number of hydrogen-bond acceptors (Lipinski definition) is 3. The Kier molecular flexibility index (Phi) is 4.87. The second-order valence-electron chi connectivity index (χ2n) is 6.35. The van der Waals surface area contributed by atoms with Crippen LogP contribution >= 0.6 is 0 Å². The highest BCUT2D eigenvalue weighted by Gasteiger charge is 2.42. The van der Waals surface area contributed by atoms with E-state index in [1.807, 2.05) is 0 Å². The van der Waals surface area contributed by atoms with E-state index in [1.54, 1.807) is 0 Å². The van der Waals surface area contributed by atoms with Crippen molar-refractivity contribution in [2.75, 3.05) is 24.5 Å². The maximum atomic E-state index is 13.2. The van der Waals surface area contributed by atoms with Gasteiger partial charge in [0.15, 0.2) is 0 Å². The highest BCUT2D eigenvalue weighted by Crippen LogP contribution is 2.30. The summed E-state index contributed by atoms with van der Waals surface area (Å²) in [6, 6.07) is 3.22. The molecule has 0 radical (unpaired) electrons. The van der Waals surface area contributed by atoms with E-state index in [-0.39, 0.29) is 25.2 Å². The van der Waals surface area contributed by atoms with Crippen LogP contribution in [0.15, 0.2) is 24.3 Å². The Morgan fingerprint density at radius 2 is 2.00 bits per heavy atom. The lowest BCUT2D eigenvalue weighted by Gasteiger charge is -2.21. The summed E-state index contributed by atoms with van der Waals surface area (Å²) in [6.45, 7) is -0.657. The van der Waals surface area contributed by atoms with Crippen molar-refractivity contribution in [2.24, 2.45) is 0 Å². The normalized spacial score (nSPS) is 22.3. The molecule has 11 heteroatoms. The van der Waals surface area contributed by atoms with Gasteiger partial charge in [0.25, 0.3) is 5.92 Å². The highest BCUT2D eigenvalue weighted by molar-refractivity contribution is 6.01. The number of alkyl halides is 5. The predicted octanol–water partition coefficient (Wildman–Crippen LogP) is 2.74. The van der Waals surface area contributed by atoms with Crippen LogP contribution in [0.3, 0.4) is 0 Å². The van der Waals surface area contributed by atoms with Gasteiger partial charge in [0.05, 0.1) is 6.54 Å². The third-order valence-electron chi connectivity index (χ3n) is 4.32. The number of halogens is 5. The number of urea groups is 1. The summed E-state index contributed by atoms with van der Waals surface area (Å²) in [6.07, 6.45) is -5.09. The van der Waals surface area contributed by atoms with Crippen molar-refractivity contribution in [1.82, 2.24) is 10.2 Å². The molecule has 2 fully saturated rings. The Hall–Kier alpha value is -2.59. The topological polar surface area (TPSA) is 61.9 Å². The molecule has 1 unspecified atom stereocenters. The molecule has 3 rings (SSSR count). The Bertz CT molecular complexity index is 740. The fraction of sp³-hybridized carbons (Fsp3) is 0.500. The summed E-state index contributed by atoms with van der Waals surface area (Å²) in [4.78, 5) is 26.7. The molecule has 2 saturated heterocycles. The van der Waals surface area contributed by atoms with Gasteiger partial charge in [-0.15, -0.1) is 13.2 Å². The number of hydrogen-bond donors (Lipinski definition) is 1. The average molecular weight is 393 g/mol. The average Bonchev–Trinajstić information content (AvgIpc) is 3.09. The molecule has 6 nitrogen and oxygen atoms in total. The number of nitrogens with zero attached hydrogens (tertiary/aromatic N) is 2. The molecule has 148 valence electrons. The SMILES string of the molecule is O=C(NC1CCN(c2cccc(OC(F)(F)F)c2)C1=O)N1CCC(F)(F)C1. The van der Waals surface area contributed by atoms with Gasteiger partial charge in [0.2, 0.25) is 5.91 Å². The van der Waals surface area contributed by atoms with Crippen LogP contribution in [0.4, 0.5) is 32.4 Å². The molecular formula is C16H16F5N3O3. The van der Waals surface area contributed by atoms with Crippen LogP contribution in [0.25, 0.3) is 0 Å². The first-order chi connectivity index (χ1) is 12.5. The van der Waals surface area contributed by atoms with Gasteiger partial charge in [-0.25, -0.2) is 13.6 Å². The van der Waals surface area contributed by atoms with Crippen LogP contribution in [-0.2, 0) is 4.79 Å². The maximum Gasteiger partial charge on any atom is 0.573 e. The Labute approximate surface area is 150 Å². The van der Waals surface area contributed by atoms with Crippen LogP contribution in [0.2, 0.25) is 0 Å². The maximum absolute atomic E-state index is 13.2. The number of likely N-dealkylation sites (tertiary alicyclic amines) is 1. The molecule has 0 spiro atoms. The van der Waals surface area contributed by atoms with E-state index >= 15 is 0 Å². The number of carbonyl (C=O) groups is 2. The van der Waals surface area contributed by atoms with E-state index in [1.165, 1.54) is 17.0 Å². The molecule has 0 aliphatic carbocycles. The van der Waals surface area contributed by atoms with E-state index in [0.717, 1.165) is 17.0 Å². The molecule has 0 saturated carbocycles. The van der Waals surface area contributed by atoms with E-state index in [9.17, 15) is 31.5 Å². The summed E-state index contributed by atoms with van der Waals surface area (Å²) in [5.41, 5.74) is 0.186. The Balaban J connectivity index is 1.63. The minimum absolute atomic E-state index is 0.111. The van der Waals surface area contributed by atoms with E-state index in [0.29, 0.717) is 0 Å². The lowest BCUT2D eigenvalue weighted by Crippen LogP contribution is -2.47. The monoisotopic (exact) mass is 393 g/mol. The van der Waals surface area contributed by atoms with Crippen molar-refractivity contribution < 1.29 is 36.3 Å². The summed E-state index contributed by atoms with van der Waals surface area (Å²) >= 11 is 0. The largest absolute Gasteiger partial charge is 0.573 e. The molecule has 1 aromatic carbocycles. The van der Waals surface area contributed by atoms with Crippen LogP contribution in [0.1, 0.15) is 12.8 Å². The van der Waals surface area contributed by atoms with Crippen LogP contribution < -0.4 is 15.0 Å².